The lowest BCUT2D eigenvalue weighted by Gasteiger charge is -2.62. The van der Waals surface area contributed by atoms with Gasteiger partial charge in [-0.25, -0.2) is 0 Å². The Bertz CT molecular complexity index is 212. The predicted octanol–water partition coefficient (Wildman–Crippen LogP) is 2.86. The summed E-state index contributed by atoms with van der Waals surface area (Å²) in [6.07, 6.45) is 7.03. The monoisotopic (exact) mass is 244 g/mol. The molecule has 3 unspecified atom stereocenters. The average Bonchev–Trinajstić information content (AvgIpc) is 1.71. The van der Waals surface area contributed by atoms with E-state index in [4.69, 9.17) is 0 Å². The van der Waals surface area contributed by atoms with Gasteiger partial charge in [0.05, 0.1) is 5.60 Å². The number of rotatable bonds is 0. The Balaban J connectivity index is 2.03. The quantitative estimate of drug-likeness (QED) is 0.650. The minimum Gasteiger partial charge on any atom is -0.390 e. The van der Waals surface area contributed by atoms with Crippen LogP contribution >= 0.6 is 15.9 Å². The van der Waals surface area contributed by atoms with Gasteiger partial charge in [0.1, 0.15) is 0 Å². The van der Waals surface area contributed by atoms with Crippen LogP contribution < -0.4 is 0 Å². The van der Waals surface area contributed by atoms with Crippen molar-refractivity contribution in [2.24, 2.45) is 11.3 Å². The summed E-state index contributed by atoms with van der Waals surface area (Å²) < 4.78 is 0.288. The third-order valence-electron chi connectivity index (χ3n) is 4.25. The molecule has 0 spiro atoms. The van der Waals surface area contributed by atoms with Crippen molar-refractivity contribution in [1.29, 1.82) is 0 Å². The van der Waals surface area contributed by atoms with Crippen molar-refractivity contribution in [3.8, 4) is 0 Å². The van der Waals surface area contributed by atoms with Crippen LogP contribution in [0.1, 0.15) is 45.4 Å². The molecule has 4 saturated carbocycles. The number of hydrogen-bond acceptors (Lipinski definition) is 1. The van der Waals surface area contributed by atoms with E-state index in [-0.39, 0.29) is 9.93 Å². The molecule has 4 aliphatic rings. The summed E-state index contributed by atoms with van der Waals surface area (Å²) in [5.41, 5.74) is 0.106. The van der Waals surface area contributed by atoms with E-state index in [2.05, 4.69) is 22.9 Å². The highest BCUT2D eigenvalue weighted by molar-refractivity contribution is 9.10. The van der Waals surface area contributed by atoms with Crippen LogP contribution in [0.3, 0.4) is 0 Å². The molecule has 0 saturated heterocycles. The molecule has 1 nitrogen and oxygen atoms in total. The van der Waals surface area contributed by atoms with E-state index in [1.807, 2.05) is 0 Å². The molecule has 4 atom stereocenters. The van der Waals surface area contributed by atoms with Gasteiger partial charge in [-0.15, -0.1) is 0 Å². The Hall–Kier alpha value is 0.440. The fraction of sp³-hybridized carbons (Fsp3) is 1.00. The van der Waals surface area contributed by atoms with Crippen LogP contribution in [0, 0.1) is 11.3 Å². The molecule has 74 valence electrons. The topological polar surface area (TPSA) is 20.2 Å². The third-order valence-corrected chi connectivity index (χ3v) is 5.13. The molecule has 0 radical (unpaired) electrons. The fourth-order valence-electron chi connectivity index (χ4n) is 4.74. The van der Waals surface area contributed by atoms with Gasteiger partial charge < -0.3 is 5.11 Å². The van der Waals surface area contributed by atoms with Crippen LogP contribution in [0.5, 0.6) is 0 Å². The molecule has 4 bridgehead atoms. The van der Waals surface area contributed by atoms with Gasteiger partial charge in [-0.05, 0) is 49.9 Å². The van der Waals surface area contributed by atoms with Crippen molar-refractivity contribution in [3.05, 3.63) is 0 Å². The first-order valence-corrected chi connectivity index (χ1v) is 6.11. The van der Waals surface area contributed by atoms with Gasteiger partial charge in [-0.2, -0.15) is 0 Å². The number of halogens is 1. The van der Waals surface area contributed by atoms with E-state index < -0.39 is 0 Å². The minimum atomic E-state index is -0.322. The zero-order valence-corrected chi connectivity index (χ0v) is 9.73. The summed E-state index contributed by atoms with van der Waals surface area (Å²) in [7, 11) is 0. The van der Waals surface area contributed by atoms with Gasteiger partial charge in [0.15, 0.2) is 0 Å². The molecule has 0 aromatic rings. The van der Waals surface area contributed by atoms with Crippen molar-refractivity contribution in [2.45, 2.75) is 55.4 Å². The van der Waals surface area contributed by atoms with E-state index in [0.29, 0.717) is 5.41 Å². The lowest BCUT2D eigenvalue weighted by atomic mass is 9.48. The van der Waals surface area contributed by atoms with Crippen LogP contribution in [0.15, 0.2) is 0 Å². The minimum absolute atomic E-state index is 0.288. The highest BCUT2D eigenvalue weighted by atomic mass is 79.9. The largest absolute Gasteiger partial charge is 0.390 e. The van der Waals surface area contributed by atoms with Crippen LogP contribution in [-0.4, -0.2) is 15.0 Å². The maximum atomic E-state index is 10.4. The van der Waals surface area contributed by atoms with E-state index in [9.17, 15) is 5.11 Å². The molecule has 0 aromatic heterocycles. The average molecular weight is 245 g/mol. The molecule has 0 amide bonds. The van der Waals surface area contributed by atoms with Crippen LogP contribution in [0.25, 0.3) is 0 Å². The van der Waals surface area contributed by atoms with Gasteiger partial charge in [0, 0.05) is 4.32 Å². The summed E-state index contributed by atoms with van der Waals surface area (Å²) in [5.74, 6) is 0.783. The first-order chi connectivity index (χ1) is 5.91. The number of alkyl halides is 1. The smallest absolute Gasteiger partial charge is 0.0669 e. The van der Waals surface area contributed by atoms with Crippen LogP contribution in [-0.2, 0) is 0 Å². The highest BCUT2D eigenvalue weighted by Gasteiger charge is 2.60. The van der Waals surface area contributed by atoms with Gasteiger partial charge >= 0.3 is 0 Å². The van der Waals surface area contributed by atoms with Gasteiger partial charge in [0.2, 0.25) is 0 Å². The third kappa shape index (κ3) is 1.21. The second-order valence-corrected chi connectivity index (χ2v) is 7.88. The van der Waals surface area contributed by atoms with Crippen molar-refractivity contribution in [3.63, 3.8) is 0 Å². The molecule has 2 heteroatoms. The lowest BCUT2D eigenvalue weighted by molar-refractivity contribution is -0.145. The summed E-state index contributed by atoms with van der Waals surface area (Å²) in [4.78, 5) is 0. The predicted molar refractivity (Wildman–Crippen MR) is 55.9 cm³/mol. The second-order valence-electron chi connectivity index (χ2n) is 6.19. The Morgan fingerprint density at radius 2 is 1.92 bits per heavy atom. The van der Waals surface area contributed by atoms with Gasteiger partial charge in [-0.1, -0.05) is 22.9 Å². The molecule has 1 N–H and O–H groups in total. The van der Waals surface area contributed by atoms with Crippen LogP contribution in [0.4, 0.5) is 0 Å². The van der Waals surface area contributed by atoms with Crippen molar-refractivity contribution in [1.82, 2.24) is 0 Å². The molecule has 0 heterocycles. The van der Waals surface area contributed by atoms with E-state index in [0.717, 1.165) is 25.2 Å². The first kappa shape index (κ1) is 8.72. The first-order valence-electron chi connectivity index (χ1n) is 5.32. The van der Waals surface area contributed by atoms with Crippen molar-refractivity contribution >= 4 is 15.9 Å². The molecule has 4 rings (SSSR count). The maximum absolute atomic E-state index is 10.4. The Morgan fingerprint density at radius 3 is 2.46 bits per heavy atom. The summed E-state index contributed by atoms with van der Waals surface area (Å²) in [6, 6.07) is 0. The van der Waals surface area contributed by atoms with Gasteiger partial charge in [0.25, 0.3) is 0 Å². The molecule has 13 heavy (non-hydrogen) atoms. The molecule has 4 fully saturated rings. The zero-order chi connectivity index (χ0) is 9.32. The summed E-state index contributed by atoms with van der Waals surface area (Å²) in [6.45, 7) is 2.36. The number of hydrogen-bond donors (Lipinski definition) is 1. The van der Waals surface area contributed by atoms with E-state index in [1.165, 1.54) is 19.3 Å². The van der Waals surface area contributed by atoms with E-state index >= 15 is 0 Å². The second kappa shape index (κ2) is 2.16. The Kier molecular flexibility index (Phi) is 1.45. The normalized spacial score (nSPS) is 64.4. The lowest BCUT2D eigenvalue weighted by Crippen LogP contribution is -2.60. The fourth-order valence-corrected chi connectivity index (χ4v) is 6.39. The molecule has 4 aliphatic carbocycles. The van der Waals surface area contributed by atoms with Crippen molar-refractivity contribution in [2.75, 3.05) is 0 Å². The number of aliphatic hydroxyl groups is 1. The summed E-state index contributed by atoms with van der Waals surface area (Å²) >= 11 is 3.87. The van der Waals surface area contributed by atoms with Gasteiger partial charge in [-0.3, -0.25) is 0 Å². The standard InChI is InChI=1S/C11H17BrO/c1-9-2-8-3-10(12,5-9)7-11(13,4-8)6-9/h8,13H,2-7H2,1H3/t8?,9-,10?,11?/m1/s1. The van der Waals surface area contributed by atoms with Crippen molar-refractivity contribution < 1.29 is 5.11 Å². The SMILES string of the molecule is C[C@@]12CC3CC(O)(CC(Br)(C3)C1)C2. The zero-order valence-electron chi connectivity index (χ0n) is 8.15. The molecular weight excluding hydrogens is 228 g/mol. The highest BCUT2D eigenvalue weighted by Crippen LogP contribution is 2.65. The van der Waals surface area contributed by atoms with Crippen LogP contribution in [0.2, 0.25) is 0 Å². The molecular formula is C11H17BrO. The maximum Gasteiger partial charge on any atom is 0.0669 e. The Morgan fingerprint density at radius 1 is 1.15 bits per heavy atom. The summed E-state index contributed by atoms with van der Waals surface area (Å²) in [5, 5.41) is 10.4. The molecule has 0 aliphatic heterocycles. The van der Waals surface area contributed by atoms with E-state index in [1.54, 1.807) is 0 Å². The molecule has 0 aromatic carbocycles. The Labute approximate surface area is 88.0 Å².